The molecule has 0 spiro atoms. The molecule has 0 heterocycles. The average molecular weight is 280 g/mol. The first-order chi connectivity index (χ1) is 9.46. The van der Waals surface area contributed by atoms with Gasteiger partial charge in [0, 0.05) is 6.07 Å². The Kier molecular flexibility index (Phi) is 5.35. The lowest BCUT2D eigenvalue weighted by molar-refractivity contribution is -0.116. The zero-order chi connectivity index (χ0) is 15.1. The Morgan fingerprint density at radius 2 is 1.95 bits per heavy atom. The Hall–Kier alpha value is -2.75. The van der Waals surface area contributed by atoms with Crippen LogP contribution in [0.1, 0.15) is 12.5 Å². The normalized spacial score (nSPS) is 10.6. The molecular weight excluding hydrogens is 270 g/mol. The molecule has 0 saturated heterocycles. The molecule has 7 heteroatoms. The number of nitrogens with zero attached hydrogens (tertiary/aromatic N) is 1. The third-order valence-electron chi connectivity index (χ3n) is 2.05. The first kappa shape index (κ1) is 15.3. The summed E-state index contributed by atoms with van der Waals surface area (Å²) in [6.07, 6.45) is -0.0511. The fraction of sp³-hybridized carbons (Fsp3) is 0.154. The number of nitrogens with one attached hydrogen (secondary N) is 1. The van der Waals surface area contributed by atoms with Crippen LogP contribution < -0.4 is 5.32 Å². The highest BCUT2D eigenvalue weighted by atomic mass is 19.1. The topological polar surface area (TPSA) is 79.2 Å². The SMILES string of the molecule is CCOC(=O)NC(=O)/C(C#N)=C\c1cc(F)cc(F)c1. The Morgan fingerprint density at radius 3 is 2.45 bits per heavy atom. The molecule has 0 aliphatic heterocycles. The van der Waals surface area contributed by atoms with E-state index < -0.39 is 29.2 Å². The second-order valence-corrected chi connectivity index (χ2v) is 3.55. The van der Waals surface area contributed by atoms with Gasteiger partial charge in [0.15, 0.2) is 0 Å². The number of carbonyl (C=O) groups excluding carboxylic acids is 2. The van der Waals surface area contributed by atoms with Gasteiger partial charge in [-0.1, -0.05) is 0 Å². The molecule has 1 N–H and O–H groups in total. The maximum absolute atomic E-state index is 13.0. The van der Waals surface area contributed by atoms with Gasteiger partial charge in [-0.25, -0.2) is 13.6 Å². The Morgan fingerprint density at radius 1 is 1.35 bits per heavy atom. The molecule has 2 amide bonds. The van der Waals surface area contributed by atoms with Crippen LogP contribution in [0.4, 0.5) is 13.6 Å². The van der Waals surface area contributed by atoms with E-state index in [1.54, 1.807) is 12.2 Å². The van der Waals surface area contributed by atoms with Crippen molar-refractivity contribution in [3.05, 3.63) is 41.0 Å². The van der Waals surface area contributed by atoms with E-state index in [1.807, 2.05) is 0 Å². The first-order valence-corrected chi connectivity index (χ1v) is 5.52. The summed E-state index contributed by atoms with van der Waals surface area (Å²) in [5.74, 6) is -2.71. The van der Waals surface area contributed by atoms with E-state index in [4.69, 9.17) is 5.26 Å². The maximum atomic E-state index is 13.0. The van der Waals surface area contributed by atoms with Gasteiger partial charge in [0.05, 0.1) is 6.61 Å². The monoisotopic (exact) mass is 280 g/mol. The van der Waals surface area contributed by atoms with Gasteiger partial charge in [0.2, 0.25) is 0 Å². The van der Waals surface area contributed by atoms with Crippen molar-refractivity contribution in [2.45, 2.75) is 6.92 Å². The van der Waals surface area contributed by atoms with Crippen LogP contribution in [0.15, 0.2) is 23.8 Å². The minimum atomic E-state index is -1.02. The number of imide groups is 1. The highest BCUT2D eigenvalue weighted by Crippen LogP contribution is 2.12. The van der Waals surface area contributed by atoms with Gasteiger partial charge in [-0.3, -0.25) is 10.1 Å². The summed E-state index contributed by atoms with van der Waals surface area (Å²) in [6.45, 7) is 1.60. The lowest BCUT2D eigenvalue weighted by atomic mass is 10.1. The number of hydrogen-bond acceptors (Lipinski definition) is 4. The highest BCUT2D eigenvalue weighted by Gasteiger charge is 2.13. The fourth-order valence-electron chi connectivity index (χ4n) is 1.30. The van der Waals surface area contributed by atoms with Crippen LogP contribution in [0.5, 0.6) is 0 Å². The van der Waals surface area contributed by atoms with E-state index in [0.717, 1.165) is 18.2 Å². The van der Waals surface area contributed by atoms with Gasteiger partial charge in [-0.2, -0.15) is 5.26 Å². The summed E-state index contributed by atoms with van der Waals surface area (Å²) in [7, 11) is 0. The molecule has 104 valence electrons. The predicted molar refractivity (Wildman–Crippen MR) is 65.1 cm³/mol. The summed E-state index contributed by atoms with van der Waals surface area (Å²) >= 11 is 0. The van der Waals surface area contributed by atoms with Crippen molar-refractivity contribution < 1.29 is 23.1 Å². The zero-order valence-electron chi connectivity index (χ0n) is 10.4. The van der Waals surface area contributed by atoms with E-state index in [2.05, 4.69) is 4.74 Å². The number of halogens is 2. The van der Waals surface area contributed by atoms with Crippen LogP contribution in [0.2, 0.25) is 0 Å². The van der Waals surface area contributed by atoms with Gasteiger partial charge in [0.1, 0.15) is 23.3 Å². The van der Waals surface area contributed by atoms with E-state index in [0.29, 0.717) is 6.07 Å². The first-order valence-electron chi connectivity index (χ1n) is 5.52. The molecule has 0 aliphatic rings. The number of ether oxygens (including phenoxy) is 1. The molecule has 0 atom stereocenters. The number of hydrogen-bond donors (Lipinski definition) is 1. The largest absolute Gasteiger partial charge is 0.450 e. The highest BCUT2D eigenvalue weighted by molar-refractivity contribution is 6.07. The maximum Gasteiger partial charge on any atom is 0.414 e. The van der Waals surface area contributed by atoms with Crippen LogP contribution in [0.25, 0.3) is 6.08 Å². The van der Waals surface area contributed by atoms with E-state index in [1.165, 1.54) is 6.07 Å². The predicted octanol–water partition coefficient (Wildman–Crippen LogP) is 2.14. The Balaban J connectivity index is 2.95. The lowest BCUT2D eigenvalue weighted by Gasteiger charge is -2.03. The second kappa shape index (κ2) is 6.99. The minimum Gasteiger partial charge on any atom is -0.450 e. The standard InChI is InChI=1S/C13H10F2N2O3/c1-2-20-13(19)17-12(18)9(7-16)3-8-4-10(14)6-11(15)5-8/h3-6H,2H2,1H3,(H,17,18,19)/b9-3-. The number of nitriles is 1. The molecule has 1 rings (SSSR count). The molecule has 0 radical (unpaired) electrons. The third kappa shape index (κ3) is 4.49. The van der Waals surface area contributed by atoms with E-state index in [-0.39, 0.29) is 12.2 Å². The molecule has 20 heavy (non-hydrogen) atoms. The average Bonchev–Trinajstić information content (AvgIpc) is 2.34. The van der Waals surface area contributed by atoms with Gasteiger partial charge >= 0.3 is 6.09 Å². The number of benzene rings is 1. The molecule has 1 aromatic carbocycles. The summed E-state index contributed by atoms with van der Waals surface area (Å²) in [4.78, 5) is 22.6. The molecule has 0 saturated carbocycles. The molecule has 0 unspecified atom stereocenters. The quantitative estimate of drug-likeness (QED) is 0.679. The molecule has 1 aromatic rings. The van der Waals surface area contributed by atoms with Crippen molar-refractivity contribution >= 4 is 18.1 Å². The summed E-state index contributed by atoms with van der Waals surface area (Å²) in [5.41, 5.74) is -0.499. The van der Waals surface area contributed by atoms with Gasteiger partial charge < -0.3 is 4.74 Å². The van der Waals surface area contributed by atoms with Crippen molar-refractivity contribution in [3.8, 4) is 6.07 Å². The van der Waals surface area contributed by atoms with Crippen LogP contribution in [-0.4, -0.2) is 18.6 Å². The van der Waals surface area contributed by atoms with Crippen LogP contribution >= 0.6 is 0 Å². The fourth-order valence-corrected chi connectivity index (χ4v) is 1.30. The lowest BCUT2D eigenvalue weighted by Crippen LogP contribution is -2.31. The van der Waals surface area contributed by atoms with Gasteiger partial charge in [0.25, 0.3) is 5.91 Å². The molecule has 0 aliphatic carbocycles. The number of alkyl carbamates (subject to hydrolysis) is 1. The zero-order valence-corrected chi connectivity index (χ0v) is 10.4. The van der Waals surface area contributed by atoms with Crippen molar-refractivity contribution in [3.63, 3.8) is 0 Å². The minimum absolute atomic E-state index is 0.0157. The van der Waals surface area contributed by atoms with Crippen molar-refractivity contribution in [1.82, 2.24) is 5.32 Å². The molecule has 5 nitrogen and oxygen atoms in total. The molecular formula is C13H10F2N2O3. The Labute approximate surface area is 113 Å². The molecule has 0 bridgehead atoms. The Bertz CT molecular complexity index is 586. The van der Waals surface area contributed by atoms with Crippen molar-refractivity contribution in [2.24, 2.45) is 0 Å². The van der Waals surface area contributed by atoms with E-state index >= 15 is 0 Å². The van der Waals surface area contributed by atoms with Crippen molar-refractivity contribution in [2.75, 3.05) is 6.61 Å². The summed E-state index contributed by atoms with van der Waals surface area (Å²) in [6, 6.07) is 4.07. The third-order valence-corrected chi connectivity index (χ3v) is 2.05. The second-order valence-electron chi connectivity index (χ2n) is 3.55. The number of carbonyl (C=O) groups is 2. The van der Waals surface area contributed by atoms with Crippen LogP contribution in [0, 0.1) is 23.0 Å². The number of rotatable bonds is 3. The smallest absolute Gasteiger partial charge is 0.414 e. The van der Waals surface area contributed by atoms with Crippen LogP contribution in [-0.2, 0) is 9.53 Å². The molecule has 0 fully saturated rings. The summed E-state index contributed by atoms with van der Waals surface area (Å²) in [5, 5.41) is 10.6. The van der Waals surface area contributed by atoms with Gasteiger partial charge in [-0.15, -0.1) is 0 Å². The molecule has 0 aromatic heterocycles. The van der Waals surface area contributed by atoms with Gasteiger partial charge in [-0.05, 0) is 30.7 Å². The van der Waals surface area contributed by atoms with Crippen LogP contribution in [0.3, 0.4) is 0 Å². The van der Waals surface area contributed by atoms with E-state index in [9.17, 15) is 18.4 Å². The van der Waals surface area contributed by atoms with Crippen molar-refractivity contribution in [1.29, 1.82) is 5.26 Å². The number of amides is 2. The summed E-state index contributed by atoms with van der Waals surface area (Å²) < 4.78 is 30.4.